The predicted molar refractivity (Wildman–Crippen MR) is 88.0 cm³/mol. The molecule has 2 fully saturated rings. The molecule has 22 heavy (non-hydrogen) atoms. The van der Waals surface area contributed by atoms with Crippen LogP contribution in [0.1, 0.15) is 50.2 Å². The first kappa shape index (κ1) is 15.4. The first-order valence-electron chi connectivity index (χ1n) is 8.61. The summed E-state index contributed by atoms with van der Waals surface area (Å²) in [5.74, 6) is 2.39. The lowest BCUT2D eigenvalue weighted by Gasteiger charge is -2.25. The van der Waals surface area contributed by atoms with Crippen molar-refractivity contribution in [2.75, 3.05) is 0 Å². The molecule has 2 bridgehead atoms. The number of carbonyl (C=O) groups excluding carboxylic acids is 1. The molecular weight excluding hydrogens is 274 g/mol. The third-order valence-electron chi connectivity index (χ3n) is 5.49. The fraction of sp³-hybridized carbons (Fsp3) is 0.632. The molecule has 0 unspecified atom stereocenters. The minimum Gasteiger partial charge on any atom is -0.481 e. The maximum atomic E-state index is 12.5. The average molecular weight is 301 g/mol. The number of amides is 1. The molecule has 0 aromatic heterocycles. The summed E-state index contributed by atoms with van der Waals surface area (Å²) in [6.07, 6.45) is 5.41. The summed E-state index contributed by atoms with van der Waals surface area (Å²) in [6.45, 7) is 6.16. The van der Waals surface area contributed by atoms with E-state index in [1.807, 2.05) is 25.1 Å². The maximum Gasteiger partial charge on any atom is 0.261 e. The van der Waals surface area contributed by atoms with Crippen LogP contribution >= 0.6 is 0 Å². The zero-order valence-corrected chi connectivity index (χ0v) is 13.9. The minimum absolute atomic E-state index is 0.0540. The van der Waals surface area contributed by atoms with Crippen LogP contribution in [-0.2, 0) is 4.79 Å². The number of rotatable bonds is 5. The lowest BCUT2D eigenvalue weighted by atomic mass is 9.95. The van der Waals surface area contributed by atoms with Crippen LogP contribution in [0.2, 0.25) is 0 Å². The molecule has 0 radical (unpaired) electrons. The minimum atomic E-state index is -0.388. The molecule has 0 heterocycles. The van der Waals surface area contributed by atoms with Crippen molar-refractivity contribution in [3.05, 3.63) is 29.3 Å². The van der Waals surface area contributed by atoms with E-state index in [9.17, 15) is 4.79 Å². The SMILES string of the molecule is CC[C@@H](Oc1ccc(C)c(C)c1)C(=O)N[C@H]1C[C@H]2CC[C@H]1C2. The lowest BCUT2D eigenvalue weighted by molar-refractivity contribution is -0.129. The molecule has 2 saturated carbocycles. The topological polar surface area (TPSA) is 38.3 Å². The lowest BCUT2D eigenvalue weighted by Crippen LogP contribution is -2.45. The molecular formula is C19H27NO2. The Balaban J connectivity index is 1.60. The molecule has 4 atom stereocenters. The number of hydrogen-bond donors (Lipinski definition) is 1. The summed E-state index contributed by atoms with van der Waals surface area (Å²) in [6, 6.07) is 6.40. The highest BCUT2D eigenvalue weighted by Gasteiger charge is 2.40. The van der Waals surface area contributed by atoms with E-state index in [0.29, 0.717) is 18.4 Å². The first-order chi connectivity index (χ1) is 10.6. The normalized spacial score (nSPS) is 27.7. The van der Waals surface area contributed by atoms with Gasteiger partial charge in [0.15, 0.2) is 6.10 Å². The Bertz CT molecular complexity index is 554. The third kappa shape index (κ3) is 3.13. The third-order valence-corrected chi connectivity index (χ3v) is 5.49. The van der Waals surface area contributed by atoms with Crippen molar-refractivity contribution in [1.29, 1.82) is 0 Å². The monoisotopic (exact) mass is 301 g/mol. The predicted octanol–water partition coefficient (Wildman–Crippen LogP) is 3.77. The molecule has 3 rings (SSSR count). The van der Waals surface area contributed by atoms with Crippen LogP contribution in [0.4, 0.5) is 0 Å². The molecule has 1 N–H and O–H groups in total. The standard InChI is InChI=1S/C19H27NO2/c1-4-18(22-16-8-5-12(2)13(3)9-16)19(21)20-17-11-14-6-7-15(17)10-14/h5,8-9,14-15,17-18H,4,6-7,10-11H2,1-3H3,(H,20,21)/t14-,15-,17-,18+/m0/s1. The van der Waals surface area contributed by atoms with Gasteiger partial charge in [0.05, 0.1) is 0 Å². The second kappa shape index (κ2) is 6.31. The number of hydrogen-bond acceptors (Lipinski definition) is 2. The Labute approximate surface area is 133 Å². The van der Waals surface area contributed by atoms with Crippen molar-refractivity contribution in [2.45, 2.75) is 65.0 Å². The highest BCUT2D eigenvalue weighted by Crippen LogP contribution is 2.44. The quantitative estimate of drug-likeness (QED) is 0.899. The Kier molecular flexibility index (Phi) is 4.42. The van der Waals surface area contributed by atoms with Crippen LogP contribution < -0.4 is 10.1 Å². The highest BCUT2D eigenvalue weighted by molar-refractivity contribution is 5.81. The summed E-state index contributed by atoms with van der Waals surface area (Å²) < 4.78 is 5.94. The van der Waals surface area contributed by atoms with E-state index in [-0.39, 0.29) is 12.0 Å². The summed E-state index contributed by atoms with van der Waals surface area (Å²) >= 11 is 0. The van der Waals surface area contributed by atoms with Gasteiger partial charge in [-0.3, -0.25) is 4.79 Å². The van der Waals surface area contributed by atoms with Crippen molar-refractivity contribution in [1.82, 2.24) is 5.32 Å². The number of ether oxygens (including phenoxy) is 1. The molecule has 2 aliphatic rings. The number of fused-ring (bicyclic) bond motifs is 2. The molecule has 120 valence electrons. The van der Waals surface area contributed by atoms with Crippen LogP contribution in [0.15, 0.2) is 18.2 Å². The number of benzene rings is 1. The van der Waals surface area contributed by atoms with Gasteiger partial charge in [0.2, 0.25) is 0 Å². The second-order valence-corrected chi connectivity index (χ2v) is 7.05. The second-order valence-electron chi connectivity index (χ2n) is 7.05. The summed E-state index contributed by atoms with van der Waals surface area (Å²) in [7, 11) is 0. The van der Waals surface area contributed by atoms with Crippen molar-refractivity contribution < 1.29 is 9.53 Å². The van der Waals surface area contributed by atoms with Gasteiger partial charge in [0.25, 0.3) is 5.91 Å². The molecule has 0 saturated heterocycles. The fourth-order valence-electron chi connectivity index (χ4n) is 3.97. The zero-order valence-electron chi connectivity index (χ0n) is 13.9. The number of nitrogens with one attached hydrogen (secondary N) is 1. The van der Waals surface area contributed by atoms with Gasteiger partial charge in [-0.05, 0) is 74.6 Å². The van der Waals surface area contributed by atoms with Gasteiger partial charge in [-0.2, -0.15) is 0 Å². The molecule has 0 spiro atoms. The Morgan fingerprint density at radius 1 is 1.27 bits per heavy atom. The van der Waals surface area contributed by atoms with Crippen molar-refractivity contribution >= 4 is 5.91 Å². The zero-order chi connectivity index (χ0) is 15.7. The van der Waals surface area contributed by atoms with Gasteiger partial charge in [0, 0.05) is 6.04 Å². The number of carbonyl (C=O) groups is 1. The summed E-state index contributed by atoms with van der Waals surface area (Å²) in [5, 5.41) is 3.24. The van der Waals surface area contributed by atoms with Crippen LogP contribution in [0.3, 0.4) is 0 Å². The highest BCUT2D eigenvalue weighted by atomic mass is 16.5. The van der Waals surface area contributed by atoms with E-state index in [4.69, 9.17) is 4.74 Å². The van der Waals surface area contributed by atoms with E-state index in [1.54, 1.807) is 0 Å². The molecule has 1 amide bonds. The van der Waals surface area contributed by atoms with E-state index >= 15 is 0 Å². The summed E-state index contributed by atoms with van der Waals surface area (Å²) in [4.78, 5) is 12.5. The van der Waals surface area contributed by atoms with E-state index in [2.05, 4.69) is 19.2 Å². The van der Waals surface area contributed by atoms with Gasteiger partial charge < -0.3 is 10.1 Å². The fourth-order valence-corrected chi connectivity index (χ4v) is 3.97. The number of aryl methyl sites for hydroxylation is 2. The Morgan fingerprint density at radius 2 is 2.09 bits per heavy atom. The van der Waals surface area contributed by atoms with Crippen molar-refractivity contribution in [2.24, 2.45) is 11.8 Å². The van der Waals surface area contributed by atoms with Gasteiger partial charge >= 0.3 is 0 Å². The summed E-state index contributed by atoms with van der Waals surface area (Å²) in [5.41, 5.74) is 2.44. The molecule has 1 aromatic rings. The van der Waals surface area contributed by atoms with Crippen LogP contribution in [0, 0.1) is 25.7 Å². The molecule has 1 aromatic carbocycles. The first-order valence-corrected chi connectivity index (χ1v) is 8.61. The average Bonchev–Trinajstić information content (AvgIpc) is 3.10. The van der Waals surface area contributed by atoms with E-state index in [0.717, 1.165) is 18.1 Å². The van der Waals surface area contributed by atoms with Crippen molar-refractivity contribution in [3.63, 3.8) is 0 Å². The van der Waals surface area contributed by atoms with Crippen LogP contribution in [0.5, 0.6) is 5.75 Å². The van der Waals surface area contributed by atoms with Gasteiger partial charge in [-0.25, -0.2) is 0 Å². The Morgan fingerprint density at radius 3 is 2.68 bits per heavy atom. The molecule has 3 nitrogen and oxygen atoms in total. The van der Waals surface area contributed by atoms with Gasteiger partial charge in [0.1, 0.15) is 5.75 Å². The van der Waals surface area contributed by atoms with E-state index < -0.39 is 0 Å². The largest absolute Gasteiger partial charge is 0.481 e. The van der Waals surface area contributed by atoms with Gasteiger partial charge in [-0.15, -0.1) is 0 Å². The van der Waals surface area contributed by atoms with Crippen LogP contribution in [-0.4, -0.2) is 18.1 Å². The molecule has 0 aliphatic heterocycles. The van der Waals surface area contributed by atoms with Gasteiger partial charge in [-0.1, -0.05) is 19.4 Å². The molecule has 2 aliphatic carbocycles. The Hall–Kier alpha value is -1.51. The maximum absolute atomic E-state index is 12.5. The van der Waals surface area contributed by atoms with E-state index in [1.165, 1.54) is 30.4 Å². The van der Waals surface area contributed by atoms with Crippen LogP contribution in [0.25, 0.3) is 0 Å². The smallest absolute Gasteiger partial charge is 0.261 e. The van der Waals surface area contributed by atoms with Crippen molar-refractivity contribution in [3.8, 4) is 5.75 Å². The molecule has 3 heteroatoms.